The van der Waals surface area contributed by atoms with Crippen LogP contribution < -0.4 is 11.1 Å². The summed E-state index contributed by atoms with van der Waals surface area (Å²) in [5, 5.41) is 25.8. The molecule has 15 nitrogen and oxygen atoms in total. The van der Waals surface area contributed by atoms with Gasteiger partial charge in [0.05, 0.1) is 32.3 Å². The molecule has 2 saturated carbocycles. The van der Waals surface area contributed by atoms with Crippen LogP contribution >= 0.6 is 0 Å². The number of ether oxygens (including phenoxy) is 5. The van der Waals surface area contributed by atoms with Gasteiger partial charge in [-0.05, 0) is 44.1 Å². The van der Waals surface area contributed by atoms with Crippen LogP contribution in [0.3, 0.4) is 0 Å². The number of nitrogens with one attached hydrogen (secondary N) is 1. The van der Waals surface area contributed by atoms with Crippen LogP contribution in [-0.2, 0) is 52.5 Å². The van der Waals surface area contributed by atoms with E-state index < -0.39 is 101 Å². The minimum Gasteiger partial charge on any atom is -0.467 e. The van der Waals surface area contributed by atoms with Crippen LogP contribution in [0.25, 0.3) is 0 Å². The van der Waals surface area contributed by atoms with E-state index in [0.29, 0.717) is 11.1 Å². The third-order valence-corrected chi connectivity index (χ3v) is 10.3. The molecule has 0 aromatic carbocycles. The number of hydrogen-bond acceptors (Lipinski definition) is 14. The second-order valence-corrected chi connectivity index (χ2v) is 12.9. The fourth-order valence-corrected chi connectivity index (χ4v) is 8.77. The van der Waals surface area contributed by atoms with Crippen molar-refractivity contribution in [1.82, 2.24) is 5.32 Å². The highest BCUT2D eigenvalue weighted by atomic mass is 16.6. The lowest BCUT2D eigenvalue weighted by molar-refractivity contribution is -0.290. The summed E-state index contributed by atoms with van der Waals surface area (Å²) >= 11 is 0. The summed E-state index contributed by atoms with van der Waals surface area (Å²) in [6.45, 7) is 5.46. The van der Waals surface area contributed by atoms with Crippen LogP contribution in [0.5, 0.6) is 0 Å². The number of ketones is 1. The second-order valence-electron chi connectivity index (χ2n) is 12.9. The Balaban J connectivity index is 1.61. The molecule has 45 heavy (non-hydrogen) atoms. The minimum absolute atomic E-state index is 0.0668. The number of amides is 1. The Hall–Kier alpha value is -3.66. The van der Waals surface area contributed by atoms with Crippen molar-refractivity contribution >= 4 is 35.6 Å². The van der Waals surface area contributed by atoms with Crippen LogP contribution in [0, 0.1) is 28.6 Å². The first-order chi connectivity index (χ1) is 21.1. The normalized spacial score (nSPS) is 39.5. The number of methoxy groups -OCH3 is 1. The average molecular weight is 635 g/mol. The van der Waals surface area contributed by atoms with Gasteiger partial charge in [-0.3, -0.25) is 9.59 Å². The topological polar surface area (TPSA) is 227 Å². The van der Waals surface area contributed by atoms with Crippen LogP contribution in [0.1, 0.15) is 40.5 Å². The molecule has 3 aliphatic carbocycles. The van der Waals surface area contributed by atoms with E-state index in [2.05, 4.69) is 5.32 Å². The largest absolute Gasteiger partial charge is 0.467 e. The van der Waals surface area contributed by atoms with Gasteiger partial charge in [0.15, 0.2) is 11.5 Å². The van der Waals surface area contributed by atoms with E-state index in [1.165, 1.54) is 0 Å². The third-order valence-electron chi connectivity index (χ3n) is 10.3. The number of allylic oxidation sites excluding steroid dienone is 3. The first kappa shape index (κ1) is 32.7. The van der Waals surface area contributed by atoms with Crippen molar-refractivity contribution in [2.75, 3.05) is 26.8 Å². The molecule has 0 unspecified atom stereocenters. The summed E-state index contributed by atoms with van der Waals surface area (Å²) < 4.78 is 28.1. The predicted molar refractivity (Wildman–Crippen MR) is 148 cm³/mol. The Morgan fingerprint density at radius 3 is 2.47 bits per heavy atom. The summed E-state index contributed by atoms with van der Waals surface area (Å²) in [5.74, 6) is -8.22. The monoisotopic (exact) mass is 634 g/mol. The van der Waals surface area contributed by atoms with Gasteiger partial charge >= 0.3 is 23.9 Å². The predicted octanol–water partition coefficient (Wildman–Crippen LogP) is -1.42. The number of aliphatic hydroxyl groups excluding tert-OH is 2. The van der Waals surface area contributed by atoms with Crippen molar-refractivity contribution in [2.24, 2.45) is 34.3 Å². The van der Waals surface area contributed by atoms with Gasteiger partial charge in [-0.2, -0.15) is 0 Å². The molecule has 5 aliphatic rings. The molecular weight excluding hydrogens is 596 g/mol. The number of Topliss-reactive ketones (excluding diaryl/α,β-unsaturated/α-hetero) is 1. The van der Waals surface area contributed by atoms with Gasteiger partial charge in [-0.1, -0.05) is 12.5 Å². The van der Waals surface area contributed by atoms with Gasteiger partial charge in [-0.25, -0.2) is 19.2 Å². The highest BCUT2D eigenvalue weighted by Gasteiger charge is 2.85. The van der Waals surface area contributed by atoms with Crippen molar-refractivity contribution < 1.29 is 62.7 Å². The van der Waals surface area contributed by atoms with Gasteiger partial charge < -0.3 is 44.9 Å². The maximum atomic E-state index is 13.6. The number of rotatable bonds is 7. The van der Waals surface area contributed by atoms with Crippen LogP contribution in [0.15, 0.2) is 23.0 Å². The van der Waals surface area contributed by atoms with Gasteiger partial charge in [0.25, 0.3) is 0 Å². The summed E-state index contributed by atoms with van der Waals surface area (Å²) in [6, 6.07) is 0. The highest BCUT2D eigenvalue weighted by molar-refractivity contribution is 5.98. The van der Waals surface area contributed by atoms with Gasteiger partial charge in [0, 0.05) is 23.8 Å². The SMILES string of the molecule is COC(=O)[C@@]12OC[C@]34[C@H]([C@@H](O)[C@@H]1O)[C@@]1(C)CC(=O)C(OC(=O)CNC(=O)CN)=C(C)[C@@H]1C[C@H]3OC(=O)[C@H](OC(=O)C=C(C)C)[C@@H]24. The Morgan fingerprint density at radius 2 is 1.84 bits per heavy atom. The number of carbonyl (C=O) groups excluding carboxylic acids is 6. The molecular formula is C30H38N2O13. The lowest BCUT2D eigenvalue weighted by Crippen LogP contribution is -2.79. The molecule has 2 heterocycles. The van der Waals surface area contributed by atoms with Crippen molar-refractivity contribution in [2.45, 2.75) is 70.6 Å². The lowest BCUT2D eigenvalue weighted by Gasteiger charge is -2.67. The molecule has 0 aromatic heterocycles. The molecule has 5 rings (SSSR count). The number of aliphatic hydroxyl groups is 2. The second kappa shape index (κ2) is 11.3. The van der Waals surface area contributed by atoms with Crippen molar-refractivity contribution in [3.8, 4) is 0 Å². The van der Waals surface area contributed by atoms with E-state index in [0.717, 1.165) is 13.2 Å². The minimum atomic E-state index is -2.29. The smallest absolute Gasteiger partial charge is 0.348 e. The molecule has 0 aromatic rings. The van der Waals surface area contributed by atoms with Gasteiger partial charge in [0.1, 0.15) is 18.8 Å². The molecule has 0 radical (unpaired) electrons. The summed E-state index contributed by atoms with van der Waals surface area (Å²) in [4.78, 5) is 77.5. The summed E-state index contributed by atoms with van der Waals surface area (Å²) in [7, 11) is 1.07. The maximum Gasteiger partial charge on any atom is 0.348 e. The van der Waals surface area contributed by atoms with E-state index in [9.17, 15) is 39.0 Å². The van der Waals surface area contributed by atoms with Crippen molar-refractivity contribution in [3.05, 3.63) is 23.0 Å². The fraction of sp³-hybridized carbons (Fsp3) is 0.667. The molecule has 1 spiro atoms. The van der Waals surface area contributed by atoms with E-state index in [-0.39, 0.29) is 31.8 Å². The van der Waals surface area contributed by atoms with Gasteiger partial charge in [0.2, 0.25) is 17.6 Å². The molecule has 1 amide bonds. The van der Waals surface area contributed by atoms with Gasteiger partial charge in [-0.15, -0.1) is 0 Å². The number of hydrogen-bond donors (Lipinski definition) is 4. The average Bonchev–Trinajstić information content (AvgIpc) is 3.28. The number of fused-ring (bicyclic) bond motifs is 2. The van der Waals surface area contributed by atoms with Crippen LogP contribution in [0.4, 0.5) is 0 Å². The zero-order valence-corrected chi connectivity index (χ0v) is 25.6. The van der Waals surface area contributed by atoms with E-state index in [1.54, 1.807) is 27.7 Å². The summed E-state index contributed by atoms with van der Waals surface area (Å²) in [5.41, 5.74) is 1.33. The zero-order valence-electron chi connectivity index (χ0n) is 25.6. The Labute approximate surface area is 258 Å². The van der Waals surface area contributed by atoms with Crippen LogP contribution in [0.2, 0.25) is 0 Å². The first-order valence-electron chi connectivity index (χ1n) is 14.7. The molecule has 2 bridgehead atoms. The Bertz CT molecular complexity index is 1420. The lowest BCUT2D eigenvalue weighted by atomic mass is 9.38. The Kier molecular flexibility index (Phi) is 8.22. The maximum absolute atomic E-state index is 13.6. The Morgan fingerprint density at radius 1 is 1.16 bits per heavy atom. The standard InChI is InChI=1S/C30H38N2O13/c1-12(2)6-18(35)44-22-24-29-11-42-30(24,27(40)41-5)25(38)20(37)23(29)28(4)8-15(33)21(45-19(36)10-32-17(34)9-31)13(3)14(28)7-16(29)43-26(22)39/h6,14,16,20,22-25,37-38H,7-11,31H2,1-5H3,(H,32,34)/t14-,16+,20+,22+,23+,24+,25-,28-,29+,30-/m0/s1. The van der Waals surface area contributed by atoms with E-state index >= 15 is 0 Å². The molecule has 5 N–H and O–H groups in total. The number of esters is 4. The van der Waals surface area contributed by atoms with Crippen molar-refractivity contribution in [1.29, 1.82) is 0 Å². The first-order valence-corrected chi connectivity index (χ1v) is 14.7. The molecule has 246 valence electrons. The molecule has 4 fully saturated rings. The fourth-order valence-electron chi connectivity index (χ4n) is 8.77. The zero-order chi connectivity index (χ0) is 33.2. The molecule has 2 aliphatic heterocycles. The van der Waals surface area contributed by atoms with Crippen molar-refractivity contribution in [3.63, 3.8) is 0 Å². The quantitative estimate of drug-likeness (QED) is 0.143. The number of nitrogens with two attached hydrogens (primary N) is 1. The molecule has 2 saturated heterocycles. The van der Waals surface area contributed by atoms with E-state index in [1.807, 2.05) is 0 Å². The third kappa shape index (κ3) is 4.62. The number of carbonyl (C=O) groups is 6. The van der Waals surface area contributed by atoms with Crippen LogP contribution in [-0.4, -0.2) is 103 Å². The summed E-state index contributed by atoms with van der Waals surface area (Å²) in [6.07, 6.45) is -5.41. The molecule has 10 atom stereocenters. The molecule has 15 heteroatoms. The highest BCUT2D eigenvalue weighted by Crippen LogP contribution is 2.72. The van der Waals surface area contributed by atoms with E-state index in [4.69, 9.17) is 29.4 Å².